The highest BCUT2D eigenvalue weighted by atomic mass is 16.3. The summed E-state index contributed by atoms with van der Waals surface area (Å²) in [6.07, 6.45) is 1.52. The molecule has 0 aliphatic heterocycles. The highest BCUT2D eigenvalue weighted by molar-refractivity contribution is 5.76. The first-order valence-corrected chi connectivity index (χ1v) is 7.98. The Bertz CT molecular complexity index is 870. The molecule has 0 radical (unpaired) electrons. The van der Waals surface area contributed by atoms with Crippen LogP contribution in [-0.4, -0.2) is 38.0 Å². The van der Waals surface area contributed by atoms with Crippen molar-refractivity contribution in [2.75, 3.05) is 18.5 Å². The summed E-state index contributed by atoms with van der Waals surface area (Å²) in [5.74, 6) is 0.794. The smallest absolute Gasteiger partial charge is 0.263 e. The van der Waals surface area contributed by atoms with Crippen LogP contribution in [-0.2, 0) is 0 Å². The Morgan fingerprint density at radius 3 is 2.71 bits per heavy atom. The van der Waals surface area contributed by atoms with E-state index in [2.05, 4.69) is 20.4 Å². The second kappa shape index (κ2) is 6.84. The summed E-state index contributed by atoms with van der Waals surface area (Å²) in [4.78, 5) is 19.5. The summed E-state index contributed by atoms with van der Waals surface area (Å²) >= 11 is 0. The third-order valence-electron chi connectivity index (χ3n) is 4.15. The van der Waals surface area contributed by atoms with Gasteiger partial charge in [0.15, 0.2) is 5.65 Å². The highest BCUT2D eigenvalue weighted by Gasteiger charge is 2.14. The Kier molecular flexibility index (Phi) is 4.61. The molecule has 0 saturated carbocycles. The van der Waals surface area contributed by atoms with Crippen LogP contribution >= 0.6 is 0 Å². The number of nitrogens with zero attached hydrogens (tertiary/aromatic N) is 3. The Balaban J connectivity index is 1.95. The fourth-order valence-electron chi connectivity index (χ4n) is 2.50. The number of fused-ring (bicyclic) bond motifs is 1. The van der Waals surface area contributed by atoms with Gasteiger partial charge in [-0.25, -0.2) is 4.68 Å². The van der Waals surface area contributed by atoms with Gasteiger partial charge in [-0.15, -0.1) is 0 Å². The minimum atomic E-state index is -0.241. The van der Waals surface area contributed by atoms with Gasteiger partial charge in [-0.05, 0) is 18.1 Å². The number of aliphatic hydroxyl groups excluding tert-OH is 1. The monoisotopic (exact) mass is 327 g/mol. The maximum absolute atomic E-state index is 12.3. The molecule has 2 aromatic heterocycles. The fourth-order valence-corrected chi connectivity index (χ4v) is 2.50. The van der Waals surface area contributed by atoms with Crippen molar-refractivity contribution in [3.63, 3.8) is 0 Å². The van der Waals surface area contributed by atoms with Crippen LogP contribution in [0.2, 0.25) is 0 Å². The average molecular weight is 327 g/mol. The van der Waals surface area contributed by atoms with Crippen LogP contribution in [0.25, 0.3) is 16.7 Å². The predicted molar refractivity (Wildman–Crippen MR) is 93.4 cm³/mol. The minimum Gasteiger partial charge on any atom is -0.396 e. The molecule has 7 heteroatoms. The molecule has 3 N–H and O–H groups in total. The van der Waals surface area contributed by atoms with E-state index >= 15 is 0 Å². The molecule has 24 heavy (non-hydrogen) atoms. The van der Waals surface area contributed by atoms with Crippen molar-refractivity contribution in [1.82, 2.24) is 19.7 Å². The van der Waals surface area contributed by atoms with Crippen molar-refractivity contribution in [3.05, 3.63) is 46.9 Å². The average Bonchev–Trinajstić information content (AvgIpc) is 3.00. The van der Waals surface area contributed by atoms with Crippen molar-refractivity contribution in [2.45, 2.75) is 13.8 Å². The first-order chi connectivity index (χ1) is 11.6. The number of nitrogens with one attached hydrogen (secondary N) is 2. The van der Waals surface area contributed by atoms with Gasteiger partial charge >= 0.3 is 0 Å². The van der Waals surface area contributed by atoms with Crippen molar-refractivity contribution >= 4 is 17.0 Å². The van der Waals surface area contributed by atoms with Crippen LogP contribution in [0.15, 0.2) is 41.3 Å². The summed E-state index contributed by atoms with van der Waals surface area (Å²) in [7, 11) is 0. The first kappa shape index (κ1) is 16.2. The van der Waals surface area contributed by atoms with Gasteiger partial charge in [0.05, 0.1) is 11.9 Å². The van der Waals surface area contributed by atoms with E-state index in [1.54, 1.807) is 4.68 Å². The van der Waals surface area contributed by atoms with Gasteiger partial charge in [-0.2, -0.15) is 10.1 Å². The van der Waals surface area contributed by atoms with E-state index in [-0.39, 0.29) is 18.1 Å². The molecule has 7 nitrogen and oxygen atoms in total. The number of hydrogen-bond acceptors (Lipinski definition) is 5. The van der Waals surface area contributed by atoms with Gasteiger partial charge in [-0.1, -0.05) is 32.0 Å². The SMILES string of the molecule is CC(C)C(CO)CNc1nc2c(cnn2-c2ccccc2)c(=O)[nH]1. The van der Waals surface area contributed by atoms with E-state index in [9.17, 15) is 9.90 Å². The summed E-state index contributed by atoms with van der Waals surface area (Å²) in [5.41, 5.74) is 1.10. The van der Waals surface area contributed by atoms with Crippen molar-refractivity contribution in [3.8, 4) is 5.69 Å². The molecule has 3 rings (SSSR count). The molecule has 0 aliphatic rings. The van der Waals surface area contributed by atoms with E-state index < -0.39 is 0 Å². The van der Waals surface area contributed by atoms with Crippen molar-refractivity contribution < 1.29 is 5.11 Å². The second-order valence-electron chi connectivity index (χ2n) is 6.11. The van der Waals surface area contributed by atoms with E-state index in [0.29, 0.717) is 29.4 Å². The maximum atomic E-state index is 12.3. The quantitative estimate of drug-likeness (QED) is 0.641. The first-order valence-electron chi connectivity index (χ1n) is 7.98. The third kappa shape index (κ3) is 3.16. The lowest BCUT2D eigenvalue weighted by molar-refractivity contribution is 0.198. The molecule has 1 unspecified atom stereocenters. The number of aromatic nitrogens is 4. The molecule has 1 atom stereocenters. The Morgan fingerprint density at radius 2 is 2.04 bits per heavy atom. The predicted octanol–water partition coefficient (Wildman–Crippen LogP) is 1.79. The standard InChI is InChI=1S/C17H21N5O2/c1-11(2)12(10-23)8-18-17-20-15-14(16(24)21-17)9-19-22(15)13-6-4-3-5-7-13/h3-7,9,11-12,23H,8,10H2,1-2H3,(H2,18,20,21,24). The number of aliphatic hydroxyl groups is 1. The third-order valence-corrected chi connectivity index (χ3v) is 4.15. The highest BCUT2D eigenvalue weighted by Crippen LogP contribution is 2.15. The molecule has 0 amide bonds. The number of para-hydroxylation sites is 1. The van der Waals surface area contributed by atoms with Crippen LogP contribution in [0, 0.1) is 11.8 Å². The number of benzene rings is 1. The van der Waals surface area contributed by atoms with Crippen molar-refractivity contribution in [2.24, 2.45) is 11.8 Å². The van der Waals surface area contributed by atoms with Gasteiger partial charge in [0.25, 0.3) is 5.56 Å². The molecule has 0 fully saturated rings. The molecule has 126 valence electrons. The molecule has 0 saturated heterocycles. The second-order valence-corrected chi connectivity index (χ2v) is 6.11. The lowest BCUT2D eigenvalue weighted by Crippen LogP contribution is -2.25. The van der Waals surface area contributed by atoms with Crippen LogP contribution in [0.3, 0.4) is 0 Å². The summed E-state index contributed by atoms with van der Waals surface area (Å²) in [6.45, 7) is 4.71. The van der Waals surface area contributed by atoms with Crippen LogP contribution < -0.4 is 10.9 Å². The lowest BCUT2D eigenvalue weighted by atomic mass is 9.97. The zero-order valence-electron chi connectivity index (χ0n) is 13.7. The zero-order valence-corrected chi connectivity index (χ0v) is 13.7. The van der Waals surface area contributed by atoms with Gasteiger partial charge in [0, 0.05) is 19.1 Å². The molecule has 0 spiro atoms. The van der Waals surface area contributed by atoms with Crippen LogP contribution in [0.4, 0.5) is 5.95 Å². The Morgan fingerprint density at radius 1 is 1.29 bits per heavy atom. The molecular weight excluding hydrogens is 306 g/mol. The van der Waals surface area contributed by atoms with Gasteiger partial charge in [0.1, 0.15) is 5.39 Å². The molecule has 2 heterocycles. The number of aromatic amines is 1. The van der Waals surface area contributed by atoms with Gasteiger partial charge < -0.3 is 10.4 Å². The minimum absolute atomic E-state index is 0.0824. The Hall–Kier alpha value is -2.67. The van der Waals surface area contributed by atoms with E-state index in [4.69, 9.17) is 0 Å². The molecule has 0 bridgehead atoms. The van der Waals surface area contributed by atoms with Crippen LogP contribution in [0.1, 0.15) is 13.8 Å². The van der Waals surface area contributed by atoms with Crippen LogP contribution in [0.5, 0.6) is 0 Å². The fraction of sp³-hybridized carbons (Fsp3) is 0.353. The number of anilines is 1. The maximum Gasteiger partial charge on any atom is 0.263 e. The van der Waals surface area contributed by atoms with Gasteiger partial charge in [0.2, 0.25) is 5.95 Å². The number of H-pyrrole nitrogens is 1. The normalized spacial score (nSPS) is 12.7. The Labute approximate surface area is 139 Å². The van der Waals surface area contributed by atoms with E-state index in [1.807, 2.05) is 44.2 Å². The largest absolute Gasteiger partial charge is 0.396 e. The van der Waals surface area contributed by atoms with Gasteiger partial charge in [-0.3, -0.25) is 9.78 Å². The molecular formula is C17H21N5O2. The summed E-state index contributed by atoms with van der Waals surface area (Å²) in [5, 5.41) is 17.2. The topological polar surface area (TPSA) is 95.8 Å². The number of rotatable bonds is 6. The number of hydrogen-bond donors (Lipinski definition) is 3. The zero-order chi connectivity index (χ0) is 17.1. The summed E-state index contributed by atoms with van der Waals surface area (Å²) in [6, 6.07) is 9.54. The van der Waals surface area contributed by atoms with Crippen molar-refractivity contribution in [1.29, 1.82) is 0 Å². The summed E-state index contributed by atoms with van der Waals surface area (Å²) < 4.78 is 1.64. The molecule has 0 aliphatic carbocycles. The molecule has 1 aromatic carbocycles. The lowest BCUT2D eigenvalue weighted by Gasteiger charge is -2.18. The van der Waals surface area contributed by atoms with E-state index in [0.717, 1.165) is 5.69 Å². The van der Waals surface area contributed by atoms with E-state index in [1.165, 1.54) is 6.20 Å². The molecule has 3 aromatic rings.